The molecule has 1 aliphatic rings. The van der Waals surface area contributed by atoms with E-state index in [1.165, 1.54) is 12.1 Å². The van der Waals surface area contributed by atoms with E-state index >= 15 is 0 Å². The lowest BCUT2D eigenvalue weighted by Gasteiger charge is -2.17. The van der Waals surface area contributed by atoms with Crippen molar-refractivity contribution >= 4 is 27.9 Å². The molecule has 1 fully saturated rings. The van der Waals surface area contributed by atoms with Crippen LogP contribution in [0.4, 0.5) is 9.18 Å². The molecule has 0 aromatic heterocycles. The van der Waals surface area contributed by atoms with Gasteiger partial charge in [0.2, 0.25) is 5.91 Å². The number of halogens is 2. The SMILES string of the molecule is NC(=O)[C@H]1CCN(C(=O)NCc2cc(F)cc(Br)c2)C1. The highest BCUT2D eigenvalue weighted by Crippen LogP contribution is 2.17. The number of benzene rings is 1. The Morgan fingerprint density at radius 1 is 1.45 bits per heavy atom. The fourth-order valence-electron chi connectivity index (χ4n) is 2.18. The maximum Gasteiger partial charge on any atom is 0.317 e. The number of amides is 3. The molecule has 5 nitrogen and oxygen atoms in total. The first kappa shape index (κ1) is 14.8. The summed E-state index contributed by atoms with van der Waals surface area (Å²) in [6.45, 7) is 1.08. The van der Waals surface area contributed by atoms with Gasteiger partial charge in [0.25, 0.3) is 0 Å². The quantitative estimate of drug-likeness (QED) is 0.874. The fourth-order valence-corrected chi connectivity index (χ4v) is 2.69. The summed E-state index contributed by atoms with van der Waals surface area (Å²) in [7, 11) is 0. The van der Waals surface area contributed by atoms with Crippen molar-refractivity contribution in [2.75, 3.05) is 13.1 Å². The van der Waals surface area contributed by atoms with Crippen molar-refractivity contribution in [2.24, 2.45) is 11.7 Å². The molecule has 1 saturated heterocycles. The van der Waals surface area contributed by atoms with Gasteiger partial charge in [-0.1, -0.05) is 15.9 Å². The lowest BCUT2D eigenvalue weighted by atomic mass is 10.1. The monoisotopic (exact) mass is 343 g/mol. The van der Waals surface area contributed by atoms with Gasteiger partial charge in [0, 0.05) is 24.1 Å². The van der Waals surface area contributed by atoms with Crippen LogP contribution in [0.2, 0.25) is 0 Å². The van der Waals surface area contributed by atoms with Crippen LogP contribution in [-0.2, 0) is 11.3 Å². The molecule has 0 aliphatic carbocycles. The Morgan fingerprint density at radius 3 is 2.80 bits per heavy atom. The molecule has 1 aromatic rings. The van der Waals surface area contributed by atoms with Crippen molar-refractivity contribution in [2.45, 2.75) is 13.0 Å². The van der Waals surface area contributed by atoms with Crippen molar-refractivity contribution in [3.05, 3.63) is 34.1 Å². The van der Waals surface area contributed by atoms with Crippen molar-refractivity contribution < 1.29 is 14.0 Å². The van der Waals surface area contributed by atoms with E-state index in [9.17, 15) is 14.0 Å². The topological polar surface area (TPSA) is 75.4 Å². The number of nitrogens with zero attached hydrogens (tertiary/aromatic N) is 1. The van der Waals surface area contributed by atoms with Crippen LogP contribution in [0.5, 0.6) is 0 Å². The largest absolute Gasteiger partial charge is 0.369 e. The van der Waals surface area contributed by atoms with Gasteiger partial charge in [0.1, 0.15) is 5.82 Å². The highest BCUT2D eigenvalue weighted by atomic mass is 79.9. The second-order valence-corrected chi connectivity index (χ2v) is 5.69. The number of nitrogens with one attached hydrogen (secondary N) is 1. The van der Waals surface area contributed by atoms with Crippen molar-refractivity contribution in [1.82, 2.24) is 10.2 Å². The second kappa shape index (κ2) is 6.21. The molecule has 108 valence electrons. The first-order valence-electron chi connectivity index (χ1n) is 6.23. The number of urea groups is 1. The van der Waals surface area contributed by atoms with Crippen molar-refractivity contribution in [3.63, 3.8) is 0 Å². The summed E-state index contributed by atoms with van der Waals surface area (Å²) >= 11 is 3.20. The number of primary amides is 1. The molecule has 0 unspecified atom stereocenters. The van der Waals surface area contributed by atoms with Crippen LogP contribution in [0.3, 0.4) is 0 Å². The Morgan fingerprint density at radius 2 is 2.20 bits per heavy atom. The van der Waals surface area contributed by atoms with E-state index in [-0.39, 0.29) is 30.2 Å². The molecule has 20 heavy (non-hydrogen) atoms. The molecule has 3 amide bonds. The maximum atomic E-state index is 13.2. The van der Waals surface area contributed by atoms with Gasteiger partial charge < -0.3 is 16.0 Å². The van der Waals surface area contributed by atoms with Crippen LogP contribution in [0.25, 0.3) is 0 Å². The number of carbonyl (C=O) groups excluding carboxylic acids is 2. The molecule has 1 aliphatic heterocycles. The summed E-state index contributed by atoms with van der Waals surface area (Å²) in [6.07, 6.45) is 0.592. The average molecular weight is 344 g/mol. The predicted octanol–water partition coefficient (Wildman–Crippen LogP) is 1.60. The molecule has 1 aromatic carbocycles. The Bertz CT molecular complexity index is 518. The summed E-state index contributed by atoms with van der Waals surface area (Å²) in [5, 5.41) is 2.70. The molecule has 1 atom stereocenters. The zero-order chi connectivity index (χ0) is 14.7. The number of hydrogen-bond donors (Lipinski definition) is 2. The summed E-state index contributed by atoms with van der Waals surface area (Å²) in [6, 6.07) is 4.18. The van der Waals surface area contributed by atoms with E-state index in [1.807, 2.05) is 0 Å². The van der Waals surface area contributed by atoms with Crippen LogP contribution >= 0.6 is 15.9 Å². The molecular weight excluding hydrogens is 329 g/mol. The highest BCUT2D eigenvalue weighted by molar-refractivity contribution is 9.10. The Labute approximate surface area is 124 Å². The zero-order valence-electron chi connectivity index (χ0n) is 10.7. The van der Waals surface area contributed by atoms with Gasteiger partial charge in [-0.3, -0.25) is 4.79 Å². The van der Waals surface area contributed by atoms with Crippen LogP contribution in [0.15, 0.2) is 22.7 Å². The number of likely N-dealkylation sites (tertiary alicyclic amines) is 1. The number of carbonyl (C=O) groups is 2. The third-order valence-corrected chi connectivity index (χ3v) is 3.70. The molecule has 1 heterocycles. The van der Waals surface area contributed by atoms with Gasteiger partial charge in [-0.2, -0.15) is 0 Å². The van der Waals surface area contributed by atoms with E-state index in [4.69, 9.17) is 5.73 Å². The smallest absolute Gasteiger partial charge is 0.317 e. The van der Waals surface area contributed by atoms with Gasteiger partial charge in [0.15, 0.2) is 0 Å². The molecular formula is C13H15BrFN3O2. The normalized spacial score (nSPS) is 18.1. The van der Waals surface area contributed by atoms with Crippen LogP contribution in [0, 0.1) is 11.7 Å². The minimum atomic E-state index is -0.380. The van der Waals surface area contributed by atoms with Gasteiger partial charge in [-0.15, -0.1) is 0 Å². The van der Waals surface area contributed by atoms with Crippen molar-refractivity contribution in [1.29, 1.82) is 0 Å². The maximum absolute atomic E-state index is 13.2. The van der Waals surface area contributed by atoms with Crippen LogP contribution in [-0.4, -0.2) is 29.9 Å². The third-order valence-electron chi connectivity index (χ3n) is 3.24. The third kappa shape index (κ3) is 3.69. The fraction of sp³-hybridized carbons (Fsp3) is 0.385. The van der Waals surface area contributed by atoms with Crippen LogP contribution in [0.1, 0.15) is 12.0 Å². The molecule has 2 rings (SSSR count). The number of nitrogens with two attached hydrogens (primary N) is 1. The lowest BCUT2D eigenvalue weighted by molar-refractivity contribution is -0.121. The summed E-state index contributed by atoms with van der Waals surface area (Å²) < 4.78 is 13.8. The first-order valence-corrected chi connectivity index (χ1v) is 7.02. The molecule has 0 spiro atoms. The van der Waals surface area contributed by atoms with E-state index in [2.05, 4.69) is 21.2 Å². The lowest BCUT2D eigenvalue weighted by Crippen LogP contribution is -2.39. The van der Waals surface area contributed by atoms with Crippen LogP contribution < -0.4 is 11.1 Å². The minimum Gasteiger partial charge on any atom is -0.369 e. The number of hydrogen-bond acceptors (Lipinski definition) is 2. The Kier molecular flexibility index (Phi) is 4.59. The van der Waals surface area contributed by atoms with Gasteiger partial charge in [-0.25, -0.2) is 9.18 Å². The number of rotatable bonds is 3. The summed E-state index contributed by atoms with van der Waals surface area (Å²) in [4.78, 5) is 24.5. The second-order valence-electron chi connectivity index (χ2n) is 4.77. The van der Waals surface area contributed by atoms with Gasteiger partial charge in [-0.05, 0) is 30.2 Å². The highest BCUT2D eigenvalue weighted by Gasteiger charge is 2.29. The molecule has 0 bridgehead atoms. The predicted molar refractivity (Wildman–Crippen MR) is 75.2 cm³/mol. The Hall–Kier alpha value is -1.63. The van der Waals surface area contributed by atoms with Crippen molar-refractivity contribution in [3.8, 4) is 0 Å². The molecule has 3 N–H and O–H groups in total. The first-order chi connectivity index (χ1) is 9.45. The molecule has 0 radical (unpaired) electrons. The molecule has 0 saturated carbocycles. The minimum absolute atomic E-state index is 0.229. The van der Waals surface area contributed by atoms with E-state index in [1.54, 1.807) is 11.0 Å². The van der Waals surface area contributed by atoms with Gasteiger partial charge in [0.05, 0.1) is 5.92 Å². The van der Waals surface area contributed by atoms with Gasteiger partial charge >= 0.3 is 6.03 Å². The van der Waals surface area contributed by atoms with E-state index in [0.717, 1.165) is 0 Å². The molecule has 7 heteroatoms. The Balaban J connectivity index is 1.88. The zero-order valence-corrected chi connectivity index (χ0v) is 12.3. The standard InChI is InChI=1S/C13H15BrFN3O2/c14-10-3-8(4-11(15)5-10)6-17-13(20)18-2-1-9(7-18)12(16)19/h3-5,9H,1-2,6-7H2,(H2,16,19)(H,17,20)/t9-/m0/s1. The summed E-state index contributed by atoms with van der Waals surface area (Å²) in [5.74, 6) is -1.02. The summed E-state index contributed by atoms with van der Waals surface area (Å²) in [5.41, 5.74) is 5.88. The van der Waals surface area contributed by atoms with E-state index < -0.39 is 0 Å². The van der Waals surface area contributed by atoms with E-state index in [0.29, 0.717) is 29.5 Å². The average Bonchev–Trinajstić information content (AvgIpc) is 2.84.